The standard InChI is InChI=1S/C26H19Cl3F7N3O2/c1-12-6-13(21-10-24(41-39-21,26(34,35)36)14-7-18(28)22(30)19(29)8-14)2-3-16(12)23(40)37-5-4-20-17(27)9-15(11-38-20)25(31,32)33/h2-3,6-9,11-12,16H,4-5,10H2,1H3,(H,37,40). The Morgan fingerprint density at radius 1 is 1.10 bits per heavy atom. The van der Waals surface area contributed by atoms with Crippen LogP contribution in [-0.2, 0) is 27.8 Å². The zero-order valence-corrected chi connectivity index (χ0v) is 23.1. The number of pyridine rings is 1. The number of halogens is 10. The first-order valence-corrected chi connectivity index (χ1v) is 13.0. The molecule has 3 atom stereocenters. The molecule has 3 unspecified atom stereocenters. The summed E-state index contributed by atoms with van der Waals surface area (Å²) < 4.78 is 95.0. The first-order chi connectivity index (χ1) is 19.0. The molecular weight excluding hydrogens is 626 g/mol. The molecule has 0 saturated heterocycles. The van der Waals surface area contributed by atoms with E-state index >= 15 is 0 Å². The number of hydrogen-bond acceptors (Lipinski definition) is 4. The van der Waals surface area contributed by atoms with Crippen LogP contribution in [0.3, 0.4) is 0 Å². The molecule has 1 N–H and O–H groups in total. The van der Waals surface area contributed by atoms with E-state index in [1.165, 1.54) is 12.2 Å². The molecular formula is C26H19Cl3F7N3O2. The van der Waals surface area contributed by atoms with Gasteiger partial charge in [-0.2, -0.15) is 26.3 Å². The topological polar surface area (TPSA) is 63.6 Å². The second kappa shape index (κ2) is 11.4. The SMILES string of the molecule is CC1C=C(C2=NOC(c3cc(Cl)c(F)c(Cl)c3)(C(F)(F)F)C2)C=CC1C(=O)NCCc1ncc(C(F)(F)F)cc1Cl. The third kappa shape index (κ3) is 6.34. The number of rotatable bonds is 6. The maximum absolute atomic E-state index is 14.3. The van der Waals surface area contributed by atoms with E-state index in [0.29, 0.717) is 11.8 Å². The molecule has 0 fully saturated rings. The number of nitrogens with zero attached hydrogens (tertiary/aromatic N) is 2. The van der Waals surface area contributed by atoms with Gasteiger partial charge in [0.2, 0.25) is 5.91 Å². The van der Waals surface area contributed by atoms with Crippen LogP contribution < -0.4 is 5.32 Å². The minimum Gasteiger partial charge on any atom is -0.374 e. The van der Waals surface area contributed by atoms with Crippen molar-refractivity contribution in [3.63, 3.8) is 0 Å². The molecule has 41 heavy (non-hydrogen) atoms. The largest absolute Gasteiger partial charge is 0.435 e. The minimum atomic E-state index is -4.97. The Kier molecular flexibility index (Phi) is 8.69. The number of carbonyl (C=O) groups is 1. The van der Waals surface area contributed by atoms with Gasteiger partial charge >= 0.3 is 12.4 Å². The molecule has 2 heterocycles. The van der Waals surface area contributed by atoms with E-state index in [2.05, 4.69) is 15.5 Å². The fourth-order valence-electron chi connectivity index (χ4n) is 4.42. The average molecular weight is 645 g/mol. The molecule has 1 aliphatic carbocycles. The highest BCUT2D eigenvalue weighted by atomic mass is 35.5. The van der Waals surface area contributed by atoms with Crippen molar-refractivity contribution >= 4 is 46.4 Å². The first-order valence-electron chi connectivity index (χ1n) is 11.9. The Morgan fingerprint density at radius 2 is 1.76 bits per heavy atom. The number of amides is 1. The molecule has 0 spiro atoms. The smallest absolute Gasteiger partial charge is 0.374 e. The van der Waals surface area contributed by atoms with Crippen LogP contribution in [0.15, 0.2) is 53.4 Å². The maximum Gasteiger partial charge on any atom is 0.435 e. The lowest BCUT2D eigenvalue weighted by atomic mass is 9.81. The van der Waals surface area contributed by atoms with Crippen molar-refractivity contribution in [3.05, 3.63) is 85.9 Å². The van der Waals surface area contributed by atoms with E-state index in [0.717, 1.165) is 18.2 Å². The molecule has 1 aromatic heterocycles. The van der Waals surface area contributed by atoms with Gasteiger partial charge in [0.1, 0.15) is 0 Å². The van der Waals surface area contributed by atoms with Crippen molar-refractivity contribution in [2.45, 2.75) is 37.7 Å². The fourth-order valence-corrected chi connectivity index (χ4v) is 5.17. The highest BCUT2D eigenvalue weighted by Gasteiger charge is 2.62. The second-order valence-corrected chi connectivity index (χ2v) is 10.7. The molecule has 5 nitrogen and oxygen atoms in total. The molecule has 0 radical (unpaired) electrons. The van der Waals surface area contributed by atoms with Crippen LogP contribution in [0.25, 0.3) is 0 Å². The van der Waals surface area contributed by atoms with Crippen molar-refractivity contribution < 1.29 is 40.4 Å². The third-order valence-corrected chi connectivity index (χ3v) is 7.55. The lowest BCUT2D eigenvalue weighted by Gasteiger charge is -2.30. The predicted molar refractivity (Wildman–Crippen MR) is 138 cm³/mol. The summed E-state index contributed by atoms with van der Waals surface area (Å²) in [5.74, 6) is -2.65. The summed E-state index contributed by atoms with van der Waals surface area (Å²) in [6.45, 7) is 1.71. The molecule has 0 saturated carbocycles. The Balaban J connectivity index is 1.41. The summed E-state index contributed by atoms with van der Waals surface area (Å²) >= 11 is 17.4. The summed E-state index contributed by atoms with van der Waals surface area (Å²) in [6, 6.07) is 2.33. The van der Waals surface area contributed by atoms with Gasteiger partial charge in [-0.15, -0.1) is 0 Å². The van der Waals surface area contributed by atoms with E-state index in [4.69, 9.17) is 39.6 Å². The van der Waals surface area contributed by atoms with E-state index in [-0.39, 0.29) is 29.4 Å². The molecule has 220 valence electrons. The van der Waals surface area contributed by atoms with E-state index in [9.17, 15) is 35.5 Å². The van der Waals surface area contributed by atoms with E-state index in [1.807, 2.05) is 0 Å². The number of hydrogen-bond donors (Lipinski definition) is 1. The summed E-state index contributed by atoms with van der Waals surface area (Å²) in [6.07, 6.45) is -5.08. The van der Waals surface area contributed by atoms with Crippen molar-refractivity contribution in [2.24, 2.45) is 17.0 Å². The summed E-state index contributed by atoms with van der Waals surface area (Å²) in [5, 5.41) is 4.92. The molecule has 1 amide bonds. The quantitative estimate of drug-likeness (QED) is 0.258. The van der Waals surface area contributed by atoms with Crippen molar-refractivity contribution in [1.82, 2.24) is 10.3 Å². The van der Waals surface area contributed by atoms with Crippen molar-refractivity contribution in [3.8, 4) is 0 Å². The first kappa shape index (κ1) is 31.1. The minimum absolute atomic E-state index is 0.0298. The molecule has 1 aromatic carbocycles. The van der Waals surface area contributed by atoms with Gasteiger partial charge in [0, 0.05) is 31.1 Å². The fraction of sp³-hybridized carbons (Fsp3) is 0.346. The van der Waals surface area contributed by atoms with Gasteiger partial charge in [-0.3, -0.25) is 9.78 Å². The highest BCUT2D eigenvalue weighted by Crippen LogP contribution is 2.50. The molecule has 4 rings (SSSR count). The van der Waals surface area contributed by atoms with E-state index < -0.39 is 69.1 Å². The number of allylic oxidation sites excluding steroid dienone is 3. The lowest BCUT2D eigenvalue weighted by molar-refractivity contribution is -0.275. The Labute approximate surface area is 244 Å². The van der Waals surface area contributed by atoms with Crippen LogP contribution >= 0.6 is 34.8 Å². The number of benzene rings is 1. The number of aromatic nitrogens is 1. The highest BCUT2D eigenvalue weighted by molar-refractivity contribution is 6.35. The number of oxime groups is 1. The van der Waals surface area contributed by atoms with Gasteiger partial charge in [-0.05, 0) is 29.7 Å². The zero-order chi connectivity index (χ0) is 30.3. The lowest BCUT2D eigenvalue weighted by Crippen LogP contribution is -2.43. The monoisotopic (exact) mass is 643 g/mol. The van der Waals surface area contributed by atoms with Crippen LogP contribution in [-0.4, -0.2) is 29.3 Å². The summed E-state index contributed by atoms with van der Waals surface area (Å²) in [4.78, 5) is 21.4. The molecule has 2 aliphatic rings. The summed E-state index contributed by atoms with van der Waals surface area (Å²) in [5.41, 5.74) is -4.05. The van der Waals surface area contributed by atoms with Gasteiger partial charge in [-0.1, -0.05) is 65.1 Å². The van der Waals surface area contributed by atoms with Gasteiger partial charge in [0.25, 0.3) is 5.60 Å². The Bertz CT molecular complexity index is 1430. The van der Waals surface area contributed by atoms with Crippen LogP contribution in [0.2, 0.25) is 15.1 Å². The second-order valence-electron chi connectivity index (χ2n) is 9.44. The van der Waals surface area contributed by atoms with Gasteiger partial charge in [-0.25, -0.2) is 4.39 Å². The molecule has 15 heteroatoms. The number of carbonyl (C=O) groups excluding carboxylic acids is 1. The molecule has 2 aromatic rings. The van der Waals surface area contributed by atoms with Gasteiger partial charge in [0.05, 0.1) is 38.0 Å². The zero-order valence-electron chi connectivity index (χ0n) is 20.8. The Morgan fingerprint density at radius 3 is 2.32 bits per heavy atom. The normalized spacial score (nSPS) is 22.7. The van der Waals surface area contributed by atoms with E-state index in [1.54, 1.807) is 13.0 Å². The summed E-state index contributed by atoms with van der Waals surface area (Å²) in [7, 11) is 0. The Hall–Kier alpha value is -2.83. The van der Waals surface area contributed by atoms with Crippen LogP contribution in [0.5, 0.6) is 0 Å². The van der Waals surface area contributed by atoms with Crippen LogP contribution in [0.4, 0.5) is 30.7 Å². The number of alkyl halides is 6. The predicted octanol–water partition coefficient (Wildman–Crippen LogP) is 7.84. The van der Waals surface area contributed by atoms with Crippen LogP contribution in [0.1, 0.15) is 30.2 Å². The average Bonchev–Trinajstić information content (AvgIpc) is 3.34. The van der Waals surface area contributed by atoms with Gasteiger partial charge in [0.15, 0.2) is 5.82 Å². The number of nitrogens with one attached hydrogen (secondary N) is 1. The third-order valence-electron chi connectivity index (χ3n) is 6.67. The molecule has 0 bridgehead atoms. The van der Waals surface area contributed by atoms with Gasteiger partial charge < -0.3 is 10.2 Å². The molecule has 1 aliphatic heterocycles. The van der Waals surface area contributed by atoms with Crippen molar-refractivity contribution in [2.75, 3.05) is 6.54 Å². The van der Waals surface area contributed by atoms with Crippen LogP contribution in [0, 0.1) is 17.7 Å². The maximum atomic E-state index is 14.3. The van der Waals surface area contributed by atoms with Crippen molar-refractivity contribution in [1.29, 1.82) is 0 Å².